The van der Waals surface area contributed by atoms with Gasteiger partial charge in [0, 0.05) is 18.2 Å². The van der Waals surface area contributed by atoms with Crippen LogP contribution in [0.2, 0.25) is 0 Å². The number of amides is 1. The topological polar surface area (TPSA) is 67.4 Å². The van der Waals surface area contributed by atoms with Gasteiger partial charge in [0.1, 0.15) is 0 Å². The number of nitrogens with one attached hydrogen (secondary N) is 2. The molecule has 1 fully saturated rings. The molecule has 1 aliphatic rings. The number of halogens is 3. The van der Waals surface area contributed by atoms with E-state index < -0.39 is 30.7 Å². The van der Waals surface area contributed by atoms with Crippen LogP contribution in [0.1, 0.15) is 30.9 Å². The van der Waals surface area contributed by atoms with Crippen LogP contribution in [0.25, 0.3) is 0 Å². The van der Waals surface area contributed by atoms with Gasteiger partial charge >= 0.3 is 12.1 Å². The van der Waals surface area contributed by atoms with Crippen molar-refractivity contribution in [2.45, 2.75) is 37.6 Å². The smallest absolute Gasteiger partial charge is 0.401 e. The van der Waals surface area contributed by atoms with Crippen molar-refractivity contribution in [2.75, 3.05) is 13.1 Å². The first-order valence-corrected chi connectivity index (χ1v) is 7.67. The van der Waals surface area contributed by atoms with Crippen LogP contribution in [0.3, 0.4) is 0 Å². The Balaban J connectivity index is 1.87. The number of ether oxygens (including phenoxy) is 1. The van der Waals surface area contributed by atoms with E-state index in [1.54, 1.807) is 30.3 Å². The molecule has 8 heteroatoms. The minimum atomic E-state index is -4.33. The second-order valence-corrected chi connectivity index (χ2v) is 5.61. The molecule has 1 amide bonds. The molecule has 0 radical (unpaired) electrons. The number of esters is 1. The van der Waals surface area contributed by atoms with Gasteiger partial charge in [-0.3, -0.25) is 9.59 Å². The maximum absolute atomic E-state index is 12.2. The first-order chi connectivity index (χ1) is 11.3. The van der Waals surface area contributed by atoms with Crippen molar-refractivity contribution in [1.82, 2.24) is 10.6 Å². The Morgan fingerprint density at radius 3 is 2.46 bits per heavy atom. The monoisotopic (exact) mass is 344 g/mol. The van der Waals surface area contributed by atoms with Gasteiger partial charge in [0.05, 0.1) is 13.0 Å². The summed E-state index contributed by atoms with van der Waals surface area (Å²) in [5.74, 6) is -1.15. The lowest BCUT2D eigenvalue weighted by molar-refractivity contribution is -0.156. The van der Waals surface area contributed by atoms with Crippen molar-refractivity contribution in [2.24, 2.45) is 0 Å². The summed E-state index contributed by atoms with van der Waals surface area (Å²) in [4.78, 5) is 24.1. The summed E-state index contributed by atoms with van der Waals surface area (Å²) in [5, 5.41) is 4.88. The fourth-order valence-electron chi connectivity index (χ4n) is 2.02. The highest BCUT2D eigenvalue weighted by Gasteiger charge is 2.31. The molecule has 1 atom stereocenters. The molecule has 0 unspecified atom stereocenters. The Bertz CT molecular complexity index is 559. The second-order valence-electron chi connectivity index (χ2n) is 5.61. The van der Waals surface area contributed by atoms with E-state index in [4.69, 9.17) is 4.74 Å². The summed E-state index contributed by atoms with van der Waals surface area (Å²) in [5.41, 5.74) is 0.521. The molecule has 2 rings (SSSR count). The van der Waals surface area contributed by atoms with Crippen LogP contribution in [-0.4, -0.2) is 37.2 Å². The molecule has 132 valence electrons. The Labute approximate surface area is 137 Å². The summed E-state index contributed by atoms with van der Waals surface area (Å²) >= 11 is 0. The highest BCUT2D eigenvalue weighted by Crippen LogP contribution is 2.23. The first kappa shape index (κ1) is 18.3. The van der Waals surface area contributed by atoms with Crippen LogP contribution >= 0.6 is 0 Å². The quantitative estimate of drug-likeness (QED) is 0.560. The lowest BCUT2D eigenvalue weighted by atomic mass is 10.1. The number of benzene rings is 1. The van der Waals surface area contributed by atoms with Gasteiger partial charge in [-0.05, 0) is 12.8 Å². The molecule has 0 saturated heterocycles. The molecule has 0 aromatic heterocycles. The third-order valence-electron chi connectivity index (χ3n) is 3.34. The minimum Gasteiger partial charge on any atom is -0.447 e. The molecule has 2 N–H and O–H groups in total. The van der Waals surface area contributed by atoms with Gasteiger partial charge in [0.25, 0.3) is 5.91 Å². The number of hydrogen-bond donors (Lipinski definition) is 2. The number of carbonyl (C=O) groups excluding carboxylic acids is 2. The molecule has 1 saturated carbocycles. The first-order valence-electron chi connectivity index (χ1n) is 7.67. The Kier molecular flexibility index (Phi) is 6.19. The van der Waals surface area contributed by atoms with E-state index in [-0.39, 0.29) is 19.0 Å². The van der Waals surface area contributed by atoms with Crippen molar-refractivity contribution in [3.05, 3.63) is 35.9 Å². The van der Waals surface area contributed by atoms with Gasteiger partial charge < -0.3 is 15.4 Å². The predicted octanol–water partition coefficient (Wildman–Crippen LogP) is 2.09. The lowest BCUT2D eigenvalue weighted by Gasteiger charge is -2.18. The maximum Gasteiger partial charge on any atom is 0.401 e. The van der Waals surface area contributed by atoms with Crippen LogP contribution < -0.4 is 10.6 Å². The zero-order valence-corrected chi connectivity index (χ0v) is 12.9. The van der Waals surface area contributed by atoms with Gasteiger partial charge in [-0.1, -0.05) is 30.3 Å². The Hall–Kier alpha value is -2.09. The molecular weight excluding hydrogens is 325 g/mol. The van der Waals surface area contributed by atoms with Gasteiger partial charge in [-0.15, -0.1) is 0 Å². The zero-order chi connectivity index (χ0) is 17.6. The van der Waals surface area contributed by atoms with E-state index >= 15 is 0 Å². The normalized spacial score (nSPS) is 15.6. The predicted molar refractivity (Wildman–Crippen MR) is 80.0 cm³/mol. The van der Waals surface area contributed by atoms with Crippen molar-refractivity contribution in [3.63, 3.8) is 0 Å². The summed E-state index contributed by atoms with van der Waals surface area (Å²) in [6.07, 6.45) is -3.90. The molecule has 0 bridgehead atoms. The van der Waals surface area contributed by atoms with Crippen LogP contribution in [0.5, 0.6) is 0 Å². The van der Waals surface area contributed by atoms with E-state index in [2.05, 4.69) is 10.6 Å². The second kappa shape index (κ2) is 8.14. The highest BCUT2D eigenvalue weighted by atomic mass is 19.4. The van der Waals surface area contributed by atoms with Crippen molar-refractivity contribution >= 4 is 11.9 Å². The van der Waals surface area contributed by atoms with Gasteiger partial charge in [0.2, 0.25) is 6.10 Å². The summed E-state index contributed by atoms with van der Waals surface area (Å²) in [7, 11) is 0. The van der Waals surface area contributed by atoms with Gasteiger partial charge in [0.15, 0.2) is 0 Å². The van der Waals surface area contributed by atoms with Crippen LogP contribution in [0, 0.1) is 0 Å². The average molecular weight is 344 g/mol. The Morgan fingerprint density at radius 1 is 1.21 bits per heavy atom. The van der Waals surface area contributed by atoms with E-state index in [0.29, 0.717) is 5.56 Å². The third-order valence-corrected chi connectivity index (χ3v) is 3.34. The van der Waals surface area contributed by atoms with Crippen molar-refractivity contribution < 1.29 is 27.5 Å². The molecule has 1 aliphatic carbocycles. The van der Waals surface area contributed by atoms with Crippen LogP contribution in [0.15, 0.2) is 30.3 Å². The molecule has 24 heavy (non-hydrogen) atoms. The highest BCUT2D eigenvalue weighted by molar-refractivity contribution is 5.85. The average Bonchev–Trinajstić information content (AvgIpc) is 3.33. The molecule has 0 spiro atoms. The molecule has 1 aromatic carbocycles. The zero-order valence-electron chi connectivity index (χ0n) is 12.9. The van der Waals surface area contributed by atoms with E-state index in [9.17, 15) is 22.8 Å². The SMILES string of the molecule is O=C(CCNCC(F)(F)F)O[C@H](C(=O)NC1CC1)c1ccccc1. The molecule has 5 nitrogen and oxygen atoms in total. The van der Waals surface area contributed by atoms with Crippen LogP contribution in [-0.2, 0) is 14.3 Å². The molecule has 0 heterocycles. The third kappa shape index (κ3) is 6.57. The summed E-state index contributed by atoms with van der Waals surface area (Å²) < 4.78 is 41.2. The van der Waals surface area contributed by atoms with Gasteiger partial charge in [-0.25, -0.2) is 0 Å². The fourth-order valence-corrected chi connectivity index (χ4v) is 2.02. The molecule has 1 aromatic rings. The summed E-state index contributed by atoms with van der Waals surface area (Å²) in [6.45, 7) is -1.35. The van der Waals surface area contributed by atoms with E-state index in [1.807, 2.05) is 0 Å². The minimum absolute atomic E-state index is 0.107. The largest absolute Gasteiger partial charge is 0.447 e. The van der Waals surface area contributed by atoms with E-state index in [1.165, 1.54) is 0 Å². The number of alkyl halides is 3. The van der Waals surface area contributed by atoms with Gasteiger partial charge in [-0.2, -0.15) is 13.2 Å². The van der Waals surface area contributed by atoms with E-state index in [0.717, 1.165) is 12.8 Å². The molecule has 0 aliphatic heterocycles. The van der Waals surface area contributed by atoms with Crippen LogP contribution in [0.4, 0.5) is 13.2 Å². The lowest BCUT2D eigenvalue weighted by Crippen LogP contribution is -2.34. The molecular formula is C16H19F3N2O3. The fraction of sp³-hybridized carbons (Fsp3) is 0.500. The summed E-state index contributed by atoms with van der Waals surface area (Å²) in [6, 6.07) is 8.62. The van der Waals surface area contributed by atoms with Crippen molar-refractivity contribution in [1.29, 1.82) is 0 Å². The number of carbonyl (C=O) groups is 2. The standard InChI is InChI=1S/C16H19F3N2O3/c17-16(18,19)10-20-9-8-13(22)24-14(11-4-2-1-3-5-11)15(23)21-12-6-7-12/h1-5,12,14,20H,6-10H2,(H,21,23)/t14-/m0/s1. The number of rotatable bonds is 8. The Morgan fingerprint density at radius 2 is 1.88 bits per heavy atom. The number of hydrogen-bond acceptors (Lipinski definition) is 4. The maximum atomic E-state index is 12.2. The van der Waals surface area contributed by atoms with Crippen molar-refractivity contribution in [3.8, 4) is 0 Å².